The van der Waals surface area contributed by atoms with Crippen LogP contribution in [-0.2, 0) is 0 Å². The van der Waals surface area contributed by atoms with E-state index in [0.717, 1.165) is 11.3 Å². The number of hydrogen-bond acceptors (Lipinski definition) is 2. The van der Waals surface area contributed by atoms with Crippen molar-refractivity contribution in [2.75, 3.05) is 6.61 Å². The third-order valence-corrected chi connectivity index (χ3v) is 4.31. The quantitative estimate of drug-likeness (QED) is 0.749. The van der Waals surface area contributed by atoms with Crippen LogP contribution in [0, 0.1) is 0 Å². The molecule has 0 amide bonds. The monoisotopic (exact) mass is 306 g/mol. The second-order valence-corrected chi connectivity index (χ2v) is 5.48. The van der Waals surface area contributed by atoms with E-state index in [4.69, 9.17) is 27.9 Å². The minimum Gasteiger partial charge on any atom is -0.493 e. The summed E-state index contributed by atoms with van der Waals surface area (Å²) in [5.74, 6) is 0.541. The van der Waals surface area contributed by atoms with Crippen molar-refractivity contribution < 1.29 is 9.53 Å². The largest absolute Gasteiger partial charge is 0.493 e. The topological polar surface area (TPSA) is 26.3 Å². The van der Waals surface area contributed by atoms with Gasteiger partial charge in [-0.15, -0.1) is 0 Å². The molecule has 1 heterocycles. The highest BCUT2D eigenvalue weighted by atomic mass is 35.5. The van der Waals surface area contributed by atoms with Crippen molar-refractivity contribution in [2.24, 2.45) is 0 Å². The van der Waals surface area contributed by atoms with Crippen LogP contribution >= 0.6 is 23.2 Å². The molecule has 2 aromatic carbocycles. The Bertz CT molecular complexity index is 667. The first kappa shape index (κ1) is 13.5. The average Bonchev–Trinajstić information content (AvgIpc) is 2.49. The molecule has 0 radical (unpaired) electrons. The zero-order chi connectivity index (χ0) is 14.1. The third kappa shape index (κ3) is 2.30. The predicted molar refractivity (Wildman–Crippen MR) is 80.1 cm³/mol. The van der Waals surface area contributed by atoms with Gasteiger partial charge in [-0.25, -0.2) is 0 Å². The van der Waals surface area contributed by atoms with Gasteiger partial charge in [-0.1, -0.05) is 47.5 Å². The number of carbonyl (C=O) groups excluding carboxylic acids is 1. The number of benzene rings is 2. The Morgan fingerprint density at radius 2 is 1.90 bits per heavy atom. The van der Waals surface area contributed by atoms with E-state index in [-0.39, 0.29) is 11.7 Å². The third-order valence-electron chi connectivity index (χ3n) is 3.49. The summed E-state index contributed by atoms with van der Waals surface area (Å²) >= 11 is 12.1. The highest BCUT2D eigenvalue weighted by Gasteiger charge is 2.29. The lowest BCUT2D eigenvalue weighted by Gasteiger charge is -2.25. The molecule has 1 aliphatic heterocycles. The number of ketones is 1. The normalized spacial score (nSPS) is 17.2. The molecule has 102 valence electrons. The van der Waals surface area contributed by atoms with Crippen molar-refractivity contribution in [2.45, 2.75) is 12.3 Å². The minimum absolute atomic E-state index is 0.00625. The molecule has 20 heavy (non-hydrogen) atoms. The fourth-order valence-electron chi connectivity index (χ4n) is 2.50. The number of carbonyl (C=O) groups is 1. The average molecular weight is 307 g/mol. The first-order chi connectivity index (χ1) is 9.68. The van der Waals surface area contributed by atoms with Gasteiger partial charge in [0.1, 0.15) is 5.75 Å². The van der Waals surface area contributed by atoms with Gasteiger partial charge < -0.3 is 4.74 Å². The van der Waals surface area contributed by atoms with Crippen LogP contribution in [0.2, 0.25) is 10.0 Å². The molecule has 1 atom stereocenters. The Labute approximate surface area is 127 Å². The van der Waals surface area contributed by atoms with Crippen LogP contribution in [0.15, 0.2) is 42.5 Å². The molecule has 0 fully saturated rings. The molecule has 4 heteroatoms. The summed E-state index contributed by atoms with van der Waals surface area (Å²) < 4.78 is 5.58. The summed E-state index contributed by atoms with van der Waals surface area (Å²) in [5, 5.41) is 0.723. The van der Waals surface area contributed by atoms with Crippen molar-refractivity contribution in [3.05, 3.63) is 63.6 Å². The number of halogens is 2. The molecule has 0 aromatic heterocycles. The molecule has 2 aromatic rings. The van der Waals surface area contributed by atoms with Crippen LogP contribution in [0.5, 0.6) is 5.75 Å². The summed E-state index contributed by atoms with van der Waals surface area (Å²) in [7, 11) is 0. The van der Waals surface area contributed by atoms with Crippen molar-refractivity contribution in [1.82, 2.24) is 0 Å². The SMILES string of the molecule is O=C(c1cccc(Cl)c1Cl)C1CCOc2ccccc21. The van der Waals surface area contributed by atoms with Crippen LogP contribution < -0.4 is 4.74 Å². The van der Waals surface area contributed by atoms with E-state index < -0.39 is 0 Å². The maximum atomic E-state index is 12.7. The maximum Gasteiger partial charge on any atom is 0.172 e. The Hall–Kier alpha value is -1.51. The van der Waals surface area contributed by atoms with E-state index in [1.54, 1.807) is 18.2 Å². The summed E-state index contributed by atoms with van der Waals surface area (Å²) in [6.45, 7) is 0.533. The van der Waals surface area contributed by atoms with Gasteiger partial charge in [0.15, 0.2) is 5.78 Å². The summed E-state index contributed by atoms with van der Waals surface area (Å²) in [5.41, 5.74) is 1.39. The fraction of sp³-hybridized carbons (Fsp3) is 0.188. The second kappa shape index (κ2) is 5.47. The van der Waals surface area contributed by atoms with Gasteiger partial charge in [0.2, 0.25) is 0 Å². The molecule has 0 bridgehead atoms. The number of ether oxygens (including phenoxy) is 1. The Balaban J connectivity index is 2.02. The molecule has 3 rings (SSSR count). The lowest BCUT2D eigenvalue weighted by Crippen LogP contribution is -2.21. The van der Waals surface area contributed by atoms with Gasteiger partial charge in [0.25, 0.3) is 0 Å². The zero-order valence-corrected chi connectivity index (χ0v) is 12.1. The van der Waals surface area contributed by atoms with E-state index >= 15 is 0 Å². The predicted octanol–water partition coefficient (Wildman–Crippen LogP) is 4.74. The molecular formula is C16H12Cl2O2. The van der Waals surface area contributed by atoms with E-state index in [1.807, 2.05) is 24.3 Å². The maximum absolute atomic E-state index is 12.7. The standard InChI is InChI=1S/C16H12Cl2O2/c17-13-6-3-5-12(15(13)18)16(19)11-8-9-20-14-7-2-1-4-10(11)14/h1-7,11H,8-9H2. The molecule has 0 N–H and O–H groups in total. The van der Waals surface area contributed by atoms with Crippen LogP contribution in [-0.4, -0.2) is 12.4 Å². The minimum atomic E-state index is -0.226. The summed E-state index contributed by atoms with van der Waals surface area (Å²) in [4.78, 5) is 12.7. The Morgan fingerprint density at radius 3 is 2.75 bits per heavy atom. The number of rotatable bonds is 2. The highest BCUT2D eigenvalue weighted by Crippen LogP contribution is 2.37. The van der Waals surface area contributed by atoms with Crippen molar-refractivity contribution in [1.29, 1.82) is 0 Å². The van der Waals surface area contributed by atoms with Crippen LogP contribution in [0.1, 0.15) is 28.3 Å². The highest BCUT2D eigenvalue weighted by molar-refractivity contribution is 6.44. The molecule has 2 nitrogen and oxygen atoms in total. The fourth-order valence-corrected chi connectivity index (χ4v) is 2.89. The molecule has 0 saturated carbocycles. The smallest absolute Gasteiger partial charge is 0.172 e. The van der Waals surface area contributed by atoms with Gasteiger partial charge in [-0.3, -0.25) is 4.79 Å². The lowest BCUT2D eigenvalue weighted by atomic mass is 9.86. The summed E-state index contributed by atoms with van der Waals surface area (Å²) in [6, 6.07) is 12.8. The van der Waals surface area contributed by atoms with Crippen molar-refractivity contribution in [3.8, 4) is 5.75 Å². The van der Waals surface area contributed by atoms with Crippen LogP contribution in [0.25, 0.3) is 0 Å². The van der Waals surface area contributed by atoms with E-state index in [1.165, 1.54) is 0 Å². The van der Waals surface area contributed by atoms with Gasteiger partial charge in [-0.2, -0.15) is 0 Å². The lowest BCUT2D eigenvalue weighted by molar-refractivity contribution is 0.0933. The van der Waals surface area contributed by atoms with Crippen LogP contribution in [0.4, 0.5) is 0 Å². The molecule has 1 aliphatic rings. The number of hydrogen-bond donors (Lipinski definition) is 0. The number of para-hydroxylation sites is 1. The number of fused-ring (bicyclic) bond motifs is 1. The summed E-state index contributed by atoms with van der Waals surface area (Å²) in [6.07, 6.45) is 0.651. The van der Waals surface area contributed by atoms with Crippen molar-refractivity contribution in [3.63, 3.8) is 0 Å². The first-order valence-electron chi connectivity index (χ1n) is 6.38. The molecule has 0 aliphatic carbocycles. The van der Waals surface area contributed by atoms with Crippen molar-refractivity contribution >= 4 is 29.0 Å². The first-order valence-corrected chi connectivity index (χ1v) is 7.14. The Kier molecular flexibility index (Phi) is 3.68. The van der Waals surface area contributed by atoms with Gasteiger partial charge >= 0.3 is 0 Å². The van der Waals surface area contributed by atoms with Crippen LogP contribution in [0.3, 0.4) is 0 Å². The van der Waals surface area contributed by atoms with Gasteiger partial charge in [0, 0.05) is 11.1 Å². The molecular weight excluding hydrogens is 295 g/mol. The number of Topliss-reactive ketones (excluding diaryl/α,β-unsaturated/α-hetero) is 1. The van der Waals surface area contributed by atoms with Gasteiger partial charge in [-0.05, 0) is 24.6 Å². The Morgan fingerprint density at radius 1 is 1.10 bits per heavy atom. The second-order valence-electron chi connectivity index (χ2n) is 4.69. The van der Waals surface area contributed by atoms with E-state index in [0.29, 0.717) is 28.6 Å². The molecule has 0 saturated heterocycles. The van der Waals surface area contributed by atoms with E-state index in [2.05, 4.69) is 0 Å². The molecule has 0 spiro atoms. The molecule has 1 unspecified atom stereocenters. The van der Waals surface area contributed by atoms with Gasteiger partial charge in [0.05, 0.1) is 22.6 Å². The zero-order valence-electron chi connectivity index (χ0n) is 10.6. The van der Waals surface area contributed by atoms with E-state index in [9.17, 15) is 4.79 Å².